The molecular weight excluding hydrogens is 320 g/mol. The van der Waals surface area contributed by atoms with E-state index in [4.69, 9.17) is 16.6 Å². The Morgan fingerprint density at radius 1 is 1.21 bits per heavy atom. The van der Waals surface area contributed by atoms with Gasteiger partial charge in [0.1, 0.15) is 17.8 Å². The second-order valence-electron chi connectivity index (χ2n) is 5.04. The molecule has 0 radical (unpaired) electrons. The summed E-state index contributed by atoms with van der Waals surface area (Å²) in [5, 5.41) is 22.8. The summed E-state index contributed by atoms with van der Waals surface area (Å²) in [5.41, 5.74) is 10.6. The van der Waals surface area contributed by atoms with Crippen LogP contribution in [0.2, 0.25) is 0 Å². The van der Waals surface area contributed by atoms with Crippen molar-refractivity contribution in [2.24, 2.45) is 5.73 Å². The van der Waals surface area contributed by atoms with Gasteiger partial charge in [-0.15, -0.1) is 0 Å². The third-order valence-electron chi connectivity index (χ3n) is 3.02. The normalized spacial score (nSPS) is 12.7. The Balaban J connectivity index is 2.94. The smallest absolute Gasteiger partial charge is 0.325 e. The van der Waals surface area contributed by atoms with Crippen molar-refractivity contribution in [1.29, 1.82) is 0 Å². The predicted molar refractivity (Wildman–Crippen MR) is 82.8 cm³/mol. The first-order valence-electron chi connectivity index (χ1n) is 6.82. The molecule has 0 aliphatic heterocycles. The highest BCUT2D eigenvalue weighted by Crippen LogP contribution is 2.19. The van der Waals surface area contributed by atoms with E-state index in [1.54, 1.807) is 0 Å². The van der Waals surface area contributed by atoms with Crippen molar-refractivity contribution in [3.8, 4) is 5.75 Å². The Hall–Kier alpha value is -3.30. The largest absolute Gasteiger partial charge is 0.507 e. The minimum atomic E-state index is -1.40. The zero-order valence-electron chi connectivity index (χ0n) is 12.8. The molecule has 0 heterocycles. The summed E-state index contributed by atoms with van der Waals surface area (Å²) in [6.07, 6.45) is -0.549. The number of anilines is 1. The monoisotopic (exact) mass is 338 g/mol. The number of amides is 3. The molecule has 130 valence electrons. The maximum absolute atomic E-state index is 12.2. The van der Waals surface area contributed by atoms with Crippen molar-refractivity contribution in [2.45, 2.75) is 25.4 Å². The van der Waals surface area contributed by atoms with E-state index >= 15 is 0 Å². The lowest BCUT2D eigenvalue weighted by molar-refractivity contribution is -0.141. The molecule has 0 aliphatic carbocycles. The van der Waals surface area contributed by atoms with Gasteiger partial charge < -0.3 is 32.3 Å². The van der Waals surface area contributed by atoms with Gasteiger partial charge in [0.2, 0.25) is 11.8 Å². The summed E-state index contributed by atoms with van der Waals surface area (Å²) >= 11 is 0. The van der Waals surface area contributed by atoms with Crippen LogP contribution in [0.4, 0.5) is 5.69 Å². The number of phenolic OH excluding ortho intramolecular Hbond substituents is 1. The summed E-state index contributed by atoms with van der Waals surface area (Å²) in [5.74, 6) is -4.32. The molecule has 2 atom stereocenters. The molecule has 24 heavy (non-hydrogen) atoms. The van der Waals surface area contributed by atoms with E-state index in [0.717, 1.165) is 0 Å². The maximum Gasteiger partial charge on any atom is 0.325 e. The van der Waals surface area contributed by atoms with Crippen molar-refractivity contribution < 1.29 is 29.4 Å². The number of carboxylic acids is 1. The van der Waals surface area contributed by atoms with Crippen LogP contribution < -0.4 is 22.1 Å². The lowest BCUT2D eigenvalue weighted by atomic mass is 10.1. The quantitative estimate of drug-likeness (QED) is 0.259. The van der Waals surface area contributed by atoms with E-state index in [2.05, 4.69) is 10.6 Å². The van der Waals surface area contributed by atoms with Crippen molar-refractivity contribution in [2.75, 3.05) is 5.73 Å². The summed E-state index contributed by atoms with van der Waals surface area (Å²) in [6, 6.07) is 1.11. The van der Waals surface area contributed by atoms with Crippen LogP contribution in [-0.4, -0.2) is 46.0 Å². The number of carbonyl (C=O) groups excluding carboxylic acids is 3. The van der Waals surface area contributed by atoms with Gasteiger partial charge in [0.25, 0.3) is 5.91 Å². The number of benzene rings is 1. The standard InChI is InChI=1S/C14H18N4O6/c1-6(14(23)24)17-13(22)9(5-11(16)20)18-12(21)8-4-7(15)2-3-10(8)19/h2-4,6,9,19H,5,15H2,1H3,(H2,16,20)(H,17,22)(H,18,21)(H,23,24)/t6-,9+/m0/s1. The molecule has 0 saturated heterocycles. The Bertz CT molecular complexity index is 675. The number of hydrogen-bond acceptors (Lipinski definition) is 6. The van der Waals surface area contributed by atoms with E-state index in [0.29, 0.717) is 0 Å². The highest BCUT2D eigenvalue weighted by atomic mass is 16.4. The molecule has 0 aromatic heterocycles. The fourth-order valence-corrected chi connectivity index (χ4v) is 1.76. The number of phenols is 1. The third-order valence-corrected chi connectivity index (χ3v) is 3.02. The first-order valence-corrected chi connectivity index (χ1v) is 6.82. The Morgan fingerprint density at radius 3 is 2.38 bits per heavy atom. The van der Waals surface area contributed by atoms with Crippen LogP contribution in [0.15, 0.2) is 18.2 Å². The molecule has 3 amide bonds. The molecule has 0 fully saturated rings. The van der Waals surface area contributed by atoms with E-state index in [9.17, 15) is 24.3 Å². The first-order chi connectivity index (χ1) is 11.1. The number of rotatable bonds is 7. The molecule has 1 aromatic rings. The molecule has 10 nitrogen and oxygen atoms in total. The highest BCUT2D eigenvalue weighted by molar-refractivity contribution is 6.01. The van der Waals surface area contributed by atoms with Gasteiger partial charge in [0.05, 0.1) is 12.0 Å². The number of primary amides is 1. The number of carbonyl (C=O) groups is 4. The minimum Gasteiger partial charge on any atom is -0.507 e. The van der Waals surface area contributed by atoms with Crippen molar-refractivity contribution >= 4 is 29.4 Å². The van der Waals surface area contributed by atoms with Gasteiger partial charge >= 0.3 is 5.97 Å². The van der Waals surface area contributed by atoms with Crippen molar-refractivity contribution in [3.05, 3.63) is 23.8 Å². The minimum absolute atomic E-state index is 0.202. The van der Waals surface area contributed by atoms with E-state index in [1.165, 1.54) is 25.1 Å². The number of hydrogen-bond donors (Lipinski definition) is 6. The number of aromatic hydroxyl groups is 1. The van der Waals surface area contributed by atoms with E-state index in [-0.39, 0.29) is 17.0 Å². The van der Waals surface area contributed by atoms with Gasteiger partial charge in [0, 0.05) is 5.69 Å². The van der Waals surface area contributed by atoms with Crippen LogP contribution in [0.1, 0.15) is 23.7 Å². The Kier molecular flexibility index (Phi) is 6.10. The summed E-state index contributed by atoms with van der Waals surface area (Å²) in [7, 11) is 0. The highest BCUT2D eigenvalue weighted by Gasteiger charge is 2.27. The lowest BCUT2D eigenvalue weighted by Crippen LogP contribution is -2.52. The SMILES string of the molecule is C[C@H](NC(=O)[C@@H](CC(N)=O)NC(=O)c1cc(N)ccc1O)C(=O)O. The zero-order valence-corrected chi connectivity index (χ0v) is 12.8. The van der Waals surface area contributed by atoms with Crippen LogP contribution in [0.25, 0.3) is 0 Å². The van der Waals surface area contributed by atoms with Crippen LogP contribution >= 0.6 is 0 Å². The second kappa shape index (κ2) is 7.81. The fraction of sp³-hybridized carbons (Fsp3) is 0.286. The number of nitrogen functional groups attached to an aromatic ring is 1. The molecule has 8 N–H and O–H groups in total. The van der Waals surface area contributed by atoms with E-state index in [1.807, 2.05) is 0 Å². The molecule has 1 aromatic carbocycles. The van der Waals surface area contributed by atoms with Gasteiger partial charge in [-0.25, -0.2) is 0 Å². The lowest BCUT2D eigenvalue weighted by Gasteiger charge is -2.19. The molecule has 0 saturated carbocycles. The van der Waals surface area contributed by atoms with Gasteiger partial charge in [-0.1, -0.05) is 0 Å². The molecular formula is C14H18N4O6. The van der Waals surface area contributed by atoms with E-state index < -0.39 is 42.2 Å². The van der Waals surface area contributed by atoms with Crippen LogP contribution in [0.3, 0.4) is 0 Å². The van der Waals surface area contributed by atoms with Crippen LogP contribution in [0.5, 0.6) is 5.75 Å². The fourth-order valence-electron chi connectivity index (χ4n) is 1.76. The summed E-state index contributed by atoms with van der Waals surface area (Å²) in [4.78, 5) is 46.0. The topological polar surface area (TPSA) is 185 Å². The average Bonchev–Trinajstić information content (AvgIpc) is 2.48. The van der Waals surface area contributed by atoms with Crippen molar-refractivity contribution in [3.63, 3.8) is 0 Å². The molecule has 0 bridgehead atoms. The van der Waals surface area contributed by atoms with Gasteiger partial charge in [-0.2, -0.15) is 0 Å². The summed E-state index contributed by atoms with van der Waals surface area (Å²) in [6.45, 7) is 1.22. The molecule has 0 unspecified atom stereocenters. The van der Waals surface area contributed by atoms with Gasteiger partial charge in [-0.05, 0) is 25.1 Å². The third kappa shape index (κ3) is 5.16. The summed E-state index contributed by atoms with van der Waals surface area (Å²) < 4.78 is 0. The van der Waals surface area contributed by atoms with Crippen LogP contribution in [-0.2, 0) is 14.4 Å². The zero-order chi connectivity index (χ0) is 18.4. The number of aliphatic carboxylic acids is 1. The first kappa shape index (κ1) is 18.7. The van der Waals surface area contributed by atoms with Gasteiger partial charge in [0.15, 0.2) is 0 Å². The number of carboxylic acid groups (broad SMARTS) is 1. The van der Waals surface area contributed by atoms with Crippen molar-refractivity contribution in [1.82, 2.24) is 10.6 Å². The molecule has 0 aliphatic rings. The average molecular weight is 338 g/mol. The van der Waals surface area contributed by atoms with Crippen LogP contribution in [0, 0.1) is 0 Å². The van der Waals surface area contributed by atoms with Gasteiger partial charge in [-0.3, -0.25) is 19.2 Å². The number of nitrogens with one attached hydrogen (secondary N) is 2. The Labute approximate surface area is 136 Å². The maximum atomic E-state index is 12.2. The molecule has 1 rings (SSSR count). The molecule has 0 spiro atoms. The predicted octanol–water partition coefficient (Wildman–Crippen LogP) is -1.46. The Morgan fingerprint density at radius 2 is 1.83 bits per heavy atom. The second-order valence-corrected chi connectivity index (χ2v) is 5.04. The number of nitrogens with two attached hydrogens (primary N) is 2. The molecule has 10 heteroatoms.